The molecule has 5 rings (SSSR count). The SMILES string of the molecule is OC1C=Cc2ccc3nc4ccc5ccccc5c4cc3c2C1O. The fourth-order valence-electron chi connectivity index (χ4n) is 3.65. The summed E-state index contributed by atoms with van der Waals surface area (Å²) in [5.41, 5.74) is 3.45. The minimum absolute atomic E-state index is 0.754. The van der Waals surface area contributed by atoms with Crippen LogP contribution < -0.4 is 0 Å². The fourth-order valence-corrected chi connectivity index (χ4v) is 3.65. The number of nitrogens with zero attached hydrogens (tertiary/aromatic N) is 1. The van der Waals surface area contributed by atoms with Crippen LogP contribution in [-0.4, -0.2) is 21.3 Å². The topological polar surface area (TPSA) is 53.4 Å². The Morgan fingerprint density at radius 3 is 2.50 bits per heavy atom. The number of aromatic nitrogens is 1. The zero-order chi connectivity index (χ0) is 16.3. The number of pyridine rings is 1. The quantitative estimate of drug-likeness (QED) is 0.381. The van der Waals surface area contributed by atoms with E-state index >= 15 is 0 Å². The molecule has 3 heteroatoms. The van der Waals surface area contributed by atoms with E-state index in [1.165, 1.54) is 0 Å². The third-order valence-corrected chi connectivity index (χ3v) is 4.87. The molecule has 1 heterocycles. The molecule has 0 amide bonds. The molecular formula is C21H15NO2. The Bertz CT molecular complexity index is 1150. The van der Waals surface area contributed by atoms with E-state index in [2.05, 4.69) is 24.3 Å². The number of hydrogen-bond acceptors (Lipinski definition) is 3. The first kappa shape index (κ1) is 13.7. The number of rotatable bonds is 0. The largest absolute Gasteiger partial charge is 0.386 e. The van der Waals surface area contributed by atoms with Gasteiger partial charge in [0.1, 0.15) is 12.2 Å². The summed E-state index contributed by atoms with van der Waals surface area (Å²) in [5, 5.41) is 24.8. The van der Waals surface area contributed by atoms with Gasteiger partial charge in [0.25, 0.3) is 0 Å². The first-order valence-electron chi connectivity index (χ1n) is 8.02. The van der Waals surface area contributed by atoms with Gasteiger partial charge in [0.05, 0.1) is 11.0 Å². The Labute approximate surface area is 138 Å². The lowest BCUT2D eigenvalue weighted by Crippen LogP contribution is -2.19. The second-order valence-corrected chi connectivity index (χ2v) is 6.27. The summed E-state index contributed by atoms with van der Waals surface area (Å²) in [4.78, 5) is 4.78. The zero-order valence-corrected chi connectivity index (χ0v) is 12.8. The van der Waals surface area contributed by atoms with Crippen LogP contribution in [0.1, 0.15) is 17.2 Å². The Balaban J connectivity index is 1.95. The normalized spacial score (nSPS) is 19.9. The molecule has 1 aromatic heterocycles. The van der Waals surface area contributed by atoms with Gasteiger partial charge in [0.15, 0.2) is 0 Å². The van der Waals surface area contributed by atoms with E-state index in [4.69, 9.17) is 4.98 Å². The molecule has 4 aromatic rings. The number of hydrogen-bond donors (Lipinski definition) is 2. The lowest BCUT2D eigenvalue weighted by atomic mass is 9.89. The molecule has 0 aliphatic heterocycles. The summed E-state index contributed by atoms with van der Waals surface area (Å²) in [6.45, 7) is 0. The molecule has 24 heavy (non-hydrogen) atoms. The van der Waals surface area contributed by atoms with Crippen molar-refractivity contribution >= 4 is 38.7 Å². The molecule has 0 radical (unpaired) electrons. The Morgan fingerprint density at radius 2 is 1.58 bits per heavy atom. The maximum Gasteiger partial charge on any atom is 0.110 e. The van der Waals surface area contributed by atoms with Gasteiger partial charge in [-0.2, -0.15) is 0 Å². The van der Waals surface area contributed by atoms with Gasteiger partial charge in [-0.05, 0) is 34.5 Å². The molecule has 0 fully saturated rings. The van der Waals surface area contributed by atoms with Crippen LogP contribution in [0.5, 0.6) is 0 Å². The highest BCUT2D eigenvalue weighted by Crippen LogP contribution is 2.36. The molecule has 2 unspecified atom stereocenters. The van der Waals surface area contributed by atoms with Crippen LogP contribution in [0.2, 0.25) is 0 Å². The lowest BCUT2D eigenvalue weighted by Gasteiger charge is -2.23. The molecule has 2 N–H and O–H groups in total. The van der Waals surface area contributed by atoms with Crippen molar-refractivity contribution in [3.05, 3.63) is 71.8 Å². The van der Waals surface area contributed by atoms with Gasteiger partial charge < -0.3 is 10.2 Å². The summed E-state index contributed by atoms with van der Waals surface area (Å²) in [6.07, 6.45) is 1.68. The van der Waals surface area contributed by atoms with E-state index in [0.717, 1.165) is 43.7 Å². The Morgan fingerprint density at radius 1 is 0.792 bits per heavy atom. The van der Waals surface area contributed by atoms with E-state index in [1.807, 2.05) is 36.4 Å². The monoisotopic (exact) mass is 313 g/mol. The van der Waals surface area contributed by atoms with E-state index in [-0.39, 0.29) is 0 Å². The predicted octanol–water partition coefficient (Wildman–Crippen LogP) is 3.96. The first-order valence-corrected chi connectivity index (χ1v) is 8.02. The lowest BCUT2D eigenvalue weighted by molar-refractivity contribution is 0.0480. The summed E-state index contributed by atoms with van der Waals surface area (Å²) in [7, 11) is 0. The zero-order valence-electron chi connectivity index (χ0n) is 12.8. The number of benzene rings is 3. The summed E-state index contributed by atoms with van der Waals surface area (Å²) in [6, 6.07) is 18.3. The molecular weight excluding hydrogens is 298 g/mol. The van der Waals surface area contributed by atoms with E-state index in [1.54, 1.807) is 6.08 Å². The highest BCUT2D eigenvalue weighted by atomic mass is 16.3. The molecule has 2 atom stereocenters. The smallest absolute Gasteiger partial charge is 0.110 e. The average molecular weight is 313 g/mol. The van der Waals surface area contributed by atoms with Gasteiger partial charge >= 0.3 is 0 Å². The van der Waals surface area contributed by atoms with Crippen molar-refractivity contribution in [1.82, 2.24) is 4.98 Å². The Kier molecular flexibility index (Phi) is 2.77. The van der Waals surface area contributed by atoms with Gasteiger partial charge in [-0.15, -0.1) is 0 Å². The summed E-state index contributed by atoms with van der Waals surface area (Å²) in [5.74, 6) is 0. The van der Waals surface area contributed by atoms with Crippen LogP contribution in [0.4, 0.5) is 0 Å². The van der Waals surface area contributed by atoms with Crippen LogP contribution >= 0.6 is 0 Å². The molecule has 1 aliphatic rings. The van der Waals surface area contributed by atoms with E-state index in [9.17, 15) is 10.2 Å². The van der Waals surface area contributed by atoms with Crippen molar-refractivity contribution in [1.29, 1.82) is 0 Å². The molecule has 0 spiro atoms. The van der Waals surface area contributed by atoms with Crippen molar-refractivity contribution < 1.29 is 10.2 Å². The third kappa shape index (κ3) is 1.83. The van der Waals surface area contributed by atoms with Gasteiger partial charge in [0.2, 0.25) is 0 Å². The minimum atomic E-state index is -0.928. The molecule has 0 saturated carbocycles. The van der Waals surface area contributed by atoms with Crippen LogP contribution in [0, 0.1) is 0 Å². The molecule has 0 bridgehead atoms. The molecule has 3 aromatic carbocycles. The van der Waals surface area contributed by atoms with Gasteiger partial charge in [-0.25, -0.2) is 4.98 Å². The van der Waals surface area contributed by atoms with Crippen molar-refractivity contribution in [2.45, 2.75) is 12.2 Å². The van der Waals surface area contributed by atoms with Crippen molar-refractivity contribution in [3.8, 4) is 0 Å². The maximum absolute atomic E-state index is 10.5. The summed E-state index contributed by atoms with van der Waals surface area (Å²) >= 11 is 0. The predicted molar refractivity (Wildman–Crippen MR) is 96.8 cm³/mol. The van der Waals surface area contributed by atoms with Crippen molar-refractivity contribution in [3.63, 3.8) is 0 Å². The fraction of sp³-hybridized carbons (Fsp3) is 0.0952. The van der Waals surface area contributed by atoms with Gasteiger partial charge in [-0.1, -0.05) is 48.6 Å². The minimum Gasteiger partial charge on any atom is -0.386 e. The van der Waals surface area contributed by atoms with Crippen LogP contribution in [0.15, 0.2) is 60.7 Å². The molecule has 3 nitrogen and oxygen atoms in total. The molecule has 1 aliphatic carbocycles. The van der Waals surface area contributed by atoms with Crippen LogP contribution in [-0.2, 0) is 0 Å². The van der Waals surface area contributed by atoms with Crippen molar-refractivity contribution in [2.75, 3.05) is 0 Å². The van der Waals surface area contributed by atoms with E-state index < -0.39 is 12.2 Å². The number of fused-ring (bicyclic) bond motifs is 6. The number of aliphatic hydroxyl groups excluding tert-OH is 2. The number of aliphatic hydroxyl groups is 2. The molecule has 0 saturated heterocycles. The highest BCUT2D eigenvalue weighted by Gasteiger charge is 2.25. The second kappa shape index (κ2) is 4.87. The highest BCUT2D eigenvalue weighted by molar-refractivity contribution is 6.10. The van der Waals surface area contributed by atoms with E-state index in [0.29, 0.717) is 0 Å². The van der Waals surface area contributed by atoms with Crippen LogP contribution in [0.3, 0.4) is 0 Å². The van der Waals surface area contributed by atoms with Gasteiger partial charge in [-0.3, -0.25) is 0 Å². The first-order chi connectivity index (χ1) is 11.7. The van der Waals surface area contributed by atoms with Gasteiger partial charge in [0, 0.05) is 16.3 Å². The average Bonchev–Trinajstić information content (AvgIpc) is 2.62. The summed E-state index contributed by atoms with van der Waals surface area (Å²) < 4.78 is 0. The van der Waals surface area contributed by atoms with Crippen molar-refractivity contribution in [2.24, 2.45) is 0 Å². The Hall–Kier alpha value is -2.75. The molecule has 116 valence electrons. The third-order valence-electron chi connectivity index (χ3n) is 4.87. The van der Waals surface area contributed by atoms with Crippen LogP contribution in [0.25, 0.3) is 38.7 Å². The standard InChI is InChI=1S/C21H15NO2/c23-19-10-7-13-6-9-18-16(20(13)21(19)24)11-15-14-4-2-1-3-12(14)5-8-17(15)22-18/h1-11,19,21,23-24H. The second-order valence-electron chi connectivity index (χ2n) is 6.27. The maximum atomic E-state index is 10.5.